The highest BCUT2D eigenvalue weighted by Crippen LogP contribution is 2.36. The number of alkyl halides is 4. The second kappa shape index (κ2) is 9.50. The summed E-state index contributed by atoms with van der Waals surface area (Å²) in [4.78, 5) is 12.8. The van der Waals surface area contributed by atoms with Crippen molar-refractivity contribution in [2.24, 2.45) is 0 Å². The van der Waals surface area contributed by atoms with E-state index in [1.807, 2.05) is 12.1 Å². The van der Waals surface area contributed by atoms with Crippen LogP contribution < -0.4 is 5.32 Å². The van der Waals surface area contributed by atoms with Gasteiger partial charge in [0.25, 0.3) is 12.9 Å². The van der Waals surface area contributed by atoms with Gasteiger partial charge >= 0.3 is 0 Å². The van der Waals surface area contributed by atoms with Crippen LogP contribution in [-0.4, -0.2) is 25.5 Å². The largest absolute Gasteiger partial charge is 0.321 e. The molecule has 1 N–H and O–H groups in total. The summed E-state index contributed by atoms with van der Waals surface area (Å²) < 4.78 is 55.2. The van der Waals surface area contributed by atoms with Crippen LogP contribution in [0.5, 0.6) is 0 Å². The molecule has 0 radical (unpaired) electrons. The minimum atomic E-state index is -3.19. The summed E-state index contributed by atoms with van der Waals surface area (Å²) in [6, 6.07) is 5.84. The van der Waals surface area contributed by atoms with Crippen molar-refractivity contribution in [1.82, 2.24) is 19.6 Å². The van der Waals surface area contributed by atoms with Crippen molar-refractivity contribution in [2.45, 2.75) is 46.2 Å². The second-order valence-electron chi connectivity index (χ2n) is 7.13. The molecule has 0 saturated heterocycles. The Labute approximate surface area is 191 Å². The van der Waals surface area contributed by atoms with Crippen LogP contribution in [0, 0.1) is 13.8 Å². The van der Waals surface area contributed by atoms with Crippen LogP contribution in [0.15, 0.2) is 24.3 Å². The van der Waals surface area contributed by atoms with Crippen molar-refractivity contribution in [2.75, 3.05) is 5.32 Å². The number of halogens is 6. The molecule has 0 aliphatic rings. The van der Waals surface area contributed by atoms with Gasteiger partial charge in [-0.1, -0.05) is 35.3 Å². The van der Waals surface area contributed by atoms with Gasteiger partial charge in [0.1, 0.15) is 17.4 Å². The summed E-state index contributed by atoms with van der Waals surface area (Å²) in [6.45, 7) is 5.09. The topological polar surface area (TPSA) is 64.7 Å². The average molecular weight is 492 g/mol. The SMILES string of the molecule is Cc1nn(Cc2ccc(Cl)cc2)c(C)c1NC(=O)C(C)n1nc(C(F)F)c(Cl)c1C(F)F. The van der Waals surface area contributed by atoms with Crippen LogP contribution in [-0.2, 0) is 11.3 Å². The summed E-state index contributed by atoms with van der Waals surface area (Å²) >= 11 is 11.6. The minimum absolute atomic E-state index is 0.391. The molecule has 2 aromatic heterocycles. The Morgan fingerprint density at radius 2 is 1.69 bits per heavy atom. The molecule has 1 atom stereocenters. The Bertz CT molecular complexity index is 1130. The van der Waals surface area contributed by atoms with Gasteiger partial charge in [-0.25, -0.2) is 22.2 Å². The Morgan fingerprint density at radius 3 is 2.25 bits per heavy atom. The molecule has 32 heavy (non-hydrogen) atoms. The average Bonchev–Trinajstić information content (AvgIpc) is 3.21. The third kappa shape index (κ3) is 4.75. The number of carbonyl (C=O) groups is 1. The van der Waals surface area contributed by atoms with Crippen molar-refractivity contribution < 1.29 is 22.4 Å². The van der Waals surface area contributed by atoms with Crippen LogP contribution in [0.2, 0.25) is 10.0 Å². The van der Waals surface area contributed by atoms with Gasteiger partial charge in [0.2, 0.25) is 5.91 Å². The molecule has 3 aromatic rings. The molecule has 3 rings (SSSR count). The van der Waals surface area contributed by atoms with E-state index in [1.165, 1.54) is 6.92 Å². The summed E-state index contributed by atoms with van der Waals surface area (Å²) in [5.41, 5.74) is 0.512. The molecular weight excluding hydrogens is 473 g/mol. The van der Waals surface area contributed by atoms with E-state index in [1.54, 1.807) is 30.7 Å². The van der Waals surface area contributed by atoms with Crippen molar-refractivity contribution >= 4 is 34.8 Å². The van der Waals surface area contributed by atoms with Crippen molar-refractivity contribution in [3.63, 3.8) is 0 Å². The van der Waals surface area contributed by atoms with Crippen LogP contribution in [0.3, 0.4) is 0 Å². The summed E-state index contributed by atoms with van der Waals surface area (Å²) in [6.07, 6.45) is -6.35. The second-order valence-corrected chi connectivity index (χ2v) is 7.94. The number of aryl methyl sites for hydroxylation is 1. The van der Waals surface area contributed by atoms with Crippen LogP contribution in [0.25, 0.3) is 0 Å². The van der Waals surface area contributed by atoms with E-state index in [9.17, 15) is 22.4 Å². The molecule has 1 unspecified atom stereocenters. The fourth-order valence-corrected chi connectivity index (χ4v) is 3.62. The lowest BCUT2D eigenvalue weighted by atomic mass is 10.2. The molecule has 172 valence electrons. The van der Waals surface area contributed by atoms with Crippen molar-refractivity contribution in [3.05, 3.63) is 62.6 Å². The number of carbonyl (C=O) groups excluding carboxylic acids is 1. The number of nitrogens with one attached hydrogen (secondary N) is 1. The fourth-order valence-electron chi connectivity index (χ4n) is 3.21. The van der Waals surface area contributed by atoms with Crippen molar-refractivity contribution in [3.8, 4) is 0 Å². The number of benzene rings is 1. The third-order valence-corrected chi connectivity index (χ3v) is 5.59. The van der Waals surface area contributed by atoms with Gasteiger partial charge in [-0.15, -0.1) is 0 Å². The van der Waals surface area contributed by atoms with E-state index in [-0.39, 0.29) is 0 Å². The van der Waals surface area contributed by atoms with Crippen LogP contribution in [0.1, 0.15) is 54.2 Å². The zero-order chi connectivity index (χ0) is 23.7. The Morgan fingerprint density at radius 1 is 1.06 bits per heavy atom. The predicted molar refractivity (Wildman–Crippen MR) is 113 cm³/mol. The molecule has 0 bridgehead atoms. The van der Waals surface area contributed by atoms with Gasteiger partial charge in [-0.3, -0.25) is 9.48 Å². The predicted octanol–water partition coefficient (Wildman–Crippen LogP) is 6.13. The lowest BCUT2D eigenvalue weighted by molar-refractivity contribution is -0.119. The number of nitrogens with zero attached hydrogens (tertiary/aromatic N) is 4. The summed E-state index contributed by atoms with van der Waals surface area (Å²) in [7, 11) is 0. The summed E-state index contributed by atoms with van der Waals surface area (Å²) in [5.74, 6) is -0.732. The van der Waals surface area contributed by atoms with Crippen molar-refractivity contribution in [1.29, 1.82) is 0 Å². The maximum atomic E-state index is 13.4. The number of rotatable bonds is 7. The molecule has 2 heterocycles. The number of hydrogen-bond acceptors (Lipinski definition) is 3. The molecule has 12 heteroatoms. The Kier molecular flexibility index (Phi) is 7.14. The quantitative estimate of drug-likeness (QED) is 0.404. The molecular formula is C20H19Cl2F4N5O. The molecule has 0 saturated carbocycles. The number of hydrogen-bond donors (Lipinski definition) is 1. The van der Waals surface area contributed by atoms with E-state index in [0.29, 0.717) is 33.3 Å². The first-order valence-corrected chi connectivity index (χ1v) is 10.2. The maximum Gasteiger partial charge on any atom is 0.283 e. The number of aromatic nitrogens is 4. The Balaban J connectivity index is 1.85. The normalized spacial score (nSPS) is 12.6. The highest BCUT2D eigenvalue weighted by molar-refractivity contribution is 6.32. The smallest absolute Gasteiger partial charge is 0.283 e. The standard InChI is InChI=1S/C20H19Cl2F4N5O/c1-9-15(10(2)30(28-9)8-12-4-6-13(21)7-5-12)27-20(32)11(3)31-17(19(25)26)14(22)16(29-31)18(23)24/h4-7,11,18-19H,8H2,1-3H3,(H,27,32). The first kappa shape index (κ1) is 24.1. The van der Waals surface area contributed by atoms with Gasteiger partial charge in [0.15, 0.2) is 0 Å². The molecule has 0 aliphatic carbocycles. The zero-order valence-corrected chi connectivity index (χ0v) is 18.7. The maximum absolute atomic E-state index is 13.4. The lowest BCUT2D eigenvalue weighted by Gasteiger charge is -2.16. The highest BCUT2D eigenvalue weighted by atomic mass is 35.5. The molecule has 0 aliphatic heterocycles. The molecule has 0 fully saturated rings. The van der Waals surface area contributed by atoms with E-state index >= 15 is 0 Å². The van der Waals surface area contributed by atoms with Gasteiger partial charge in [-0.05, 0) is 38.5 Å². The molecule has 1 amide bonds. The first-order chi connectivity index (χ1) is 15.0. The van der Waals surface area contributed by atoms with E-state index in [2.05, 4.69) is 15.5 Å². The molecule has 6 nitrogen and oxygen atoms in total. The minimum Gasteiger partial charge on any atom is -0.321 e. The van der Waals surface area contributed by atoms with E-state index < -0.39 is 41.2 Å². The molecule has 1 aromatic carbocycles. The summed E-state index contributed by atoms with van der Waals surface area (Å²) in [5, 5.41) is 10.3. The van der Waals surface area contributed by atoms with Crippen LogP contribution >= 0.6 is 23.2 Å². The fraction of sp³-hybridized carbons (Fsp3) is 0.350. The third-order valence-electron chi connectivity index (χ3n) is 4.95. The highest BCUT2D eigenvalue weighted by Gasteiger charge is 2.32. The van der Waals surface area contributed by atoms with Gasteiger partial charge < -0.3 is 5.32 Å². The monoisotopic (exact) mass is 491 g/mol. The number of anilines is 1. The van der Waals surface area contributed by atoms with Gasteiger partial charge in [0, 0.05) is 5.02 Å². The lowest BCUT2D eigenvalue weighted by Crippen LogP contribution is -2.26. The number of amides is 1. The zero-order valence-electron chi connectivity index (χ0n) is 17.2. The molecule has 0 spiro atoms. The van der Waals surface area contributed by atoms with Gasteiger partial charge in [0.05, 0.1) is 28.6 Å². The van der Waals surface area contributed by atoms with E-state index in [0.717, 1.165) is 5.56 Å². The van der Waals surface area contributed by atoms with Crippen LogP contribution in [0.4, 0.5) is 23.2 Å². The van der Waals surface area contributed by atoms with E-state index in [4.69, 9.17) is 23.2 Å². The first-order valence-electron chi connectivity index (χ1n) is 9.44. The Hall–Kier alpha value is -2.59. The van der Waals surface area contributed by atoms with Gasteiger partial charge in [-0.2, -0.15) is 10.2 Å².